The minimum absolute atomic E-state index is 0.367. The van der Waals surface area contributed by atoms with E-state index in [1.54, 1.807) is 0 Å². The molecule has 0 aromatic carbocycles. The second-order valence-corrected chi connectivity index (χ2v) is 5.28. The Morgan fingerprint density at radius 1 is 1.60 bits per heavy atom. The number of piperidine rings is 1. The van der Waals surface area contributed by atoms with Gasteiger partial charge < -0.3 is 15.7 Å². The Kier molecular flexibility index (Phi) is 4.11. The minimum Gasteiger partial charge on any atom is -0.480 e. The number of rotatable bonds is 4. The highest BCUT2D eigenvalue weighted by Crippen LogP contribution is 2.28. The topological polar surface area (TPSA) is 66.6 Å². The fourth-order valence-electron chi connectivity index (χ4n) is 2.18. The number of nitrogens with two attached hydrogens (primary N) is 1. The lowest BCUT2D eigenvalue weighted by Crippen LogP contribution is -2.43. The first kappa shape index (κ1) is 12.5. The summed E-state index contributed by atoms with van der Waals surface area (Å²) in [4.78, 5) is 12.9. The van der Waals surface area contributed by atoms with Gasteiger partial charge in [-0.25, -0.2) is 0 Å². The summed E-state index contributed by atoms with van der Waals surface area (Å²) in [5.41, 5.74) is 5.84. The molecule has 0 spiro atoms. The van der Waals surface area contributed by atoms with Gasteiger partial charge >= 0.3 is 5.97 Å². The first-order valence-electron chi connectivity index (χ1n) is 5.61. The molecule has 0 aliphatic carbocycles. The first-order chi connectivity index (χ1) is 6.91. The Labute approximate surface area is 91.4 Å². The van der Waals surface area contributed by atoms with Gasteiger partial charge in [0, 0.05) is 13.1 Å². The quantitative estimate of drug-likeness (QED) is 0.730. The van der Waals surface area contributed by atoms with Gasteiger partial charge in [0.05, 0.1) is 0 Å². The van der Waals surface area contributed by atoms with Crippen molar-refractivity contribution in [2.75, 3.05) is 19.6 Å². The highest BCUT2D eigenvalue weighted by atomic mass is 16.4. The van der Waals surface area contributed by atoms with Gasteiger partial charge in [-0.1, -0.05) is 13.8 Å². The molecule has 0 amide bonds. The maximum atomic E-state index is 10.6. The normalized spacial score (nSPS) is 23.7. The summed E-state index contributed by atoms with van der Waals surface area (Å²) in [5.74, 6) is -0.897. The van der Waals surface area contributed by atoms with E-state index < -0.39 is 12.0 Å². The maximum absolute atomic E-state index is 10.6. The molecule has 15 heavy (non-hydrogen) atoms. The van der Waals surface area contributed by atoms with Crippen LogP contribution in [0.5, 0.6) is 0 Å². The Bertz CT molecular complexity index is 229. The summed E-state index contributed by atoms with van der Waals surface area (Å²) >= 11 is 0. The molecule has 3 N–H and O–H groups in total. The molecule has 0 radical (unpaired) electrons. The lowest BCUT2D eigenvalue weighted by Gasteiger charge is -2.38. The predicted molar refractivity (Wildman–Crippen MR) is 59.7 cm³/mol. The van der Waals surface area contributed by atoms with Gasteiger partial charge in [0.15, 0.2) is 0 Å². The lowest BCUT2D eigenvalue weighted by molar-refractivity contribution is -0.138. The third-order valence-electron chi connectivity index (χ3n) is 3.05. The fourth-order valence-corrected chi connectivity index (χ4v) is 2.18. The average Bonchev–Trinajstić information content (AvgIpc) is 2.12. The van der Waals surface area contributed by atoms with Crippen LogP contribution in [-0.4, -0.2) is 41.7 Å². The van der Waals surface area contributed by atoms with E-state index in [-0.39, 0.29) is 0 Å². The Morgan fingerprint density at radius 2 is 2.27 bits per heavy atom. The van der Waals surface area contributed by atoms with Crippen molar-refractivity contribution in [1.29, 1.82) is 0 Å². The van der Waals surface area contributed by atoms with Crippen LogP contribution in [0.2, 0.25) is 0 Å². The molecule has 1 atom stereocenters. The molecule has 4 nitrogen and oxygen atoms in total. The summed E-state index contributed by atoms with van der Waals surface area (Å²) in [6.45, 7) is 7.46. The standard InChI is InChI=1S/C11H22N2O2/c1-11(2)5-3-6-13(8-11)7-4-9(12)10(14)15/h9H,3-8,12H2,1-2H3,(H,14,15). The van der Waals surface area contributed by atoms with Crippen LogP contribution < -0.4 is 5.73 Å². The zero-order valence-corrected chi connectivity index (χ0v) is 9.70. The SMILES string of the molecule is CC1(C)CCCN(CCC(N)C(=O)O)C1. The maximum Gasteiger partial charge on any atom is 0.320 e. The summed E-state index contributed by atoms with van der Waals surface area (Å²) in [7, 11) is 0. The number of carboxylic acids is 1. The van der Waals surface area contributed by atoms with Crippen LogP contribution in [-0.2, 0) is 4.79 Å². The molecule has 1 fully saturated rings. The summed E-state index contributed by atoms with van der Waals surface area (Å²) in [5, 5.41) is 8.67. The van der Waals surface area contributed by atoms with Crippen molar-refractivity contribution in [2.45, 2.75) is 39.2 Å². The van der Waals surface area contributed by atoms with Gasteiger partial charge in [-0.15, -0.1) is 0 Å². The molecule has 4 heteroatoms. The summed E-state index contributed by atoms with van der Waals surface area (Å²) in [6, 6.07) is -0.713. The molecule has 1 rings (SSSR count). The minimum atomic E-state index is -0.897. The van der Waals surface area contributed by atoms with Crippen molar-refractivity contribution in [3.63, 3.8) is 0 Å². The van der Waals surface area contributed by atoms with E-state index in [2.05, 4.69) is 18.7 Å². The third-order valence-corrected chi connectivity index (χ3v) is 3.05. The van der Waals surface area contributed by atoms with Gasteiger partial charge in [-0.3, -0.25) is 4.79 Å². The zero-order chi connectivity index (χ0) is 11.5. The van der Waals surface area contributed by atoms with Gasteiger partial charge in [0.1, 0.15) is 6.04 Å². The van der Waals surface area contributed by atoms with Crippen LogP contribution in [0.25, 0.3) is 0 Å². The van der Waals surface area contributed by atoms with Crippen molar-refractivity contribution in [1.82, 2.24) is 4.90 Å². The van der Waals surface area contributed by atoms with Crippen LogP contribution in [0, 0.1) is 5.41 Å². The van der Waals surface area contributed by atoms with E-state index in [0.29, 0.717) is 11.8 Å². The number of hydrogen-bond donors (Lipinski definition) is 2. The van der Waals surface area contributed by atoms with Crippen LogP contribution in [0.15, 0.2) is 0 Å². The van der Waals surface area contributed by atoms with Gasteiger partial charge in [-0.05, 0) is 31.2 Å². The smallest absolute Gasteiger partial charge is 0.320 e. The Balaban J connectivity index is 2.30. The number of aliphatic carboxylic acids is 1. The molecule has 0 bridgehead atoms. The highest BCUT2D eigenvalue weighted by Gasteiger charge is 2.26. The van der Waals surface area contributed by atoms with E-state index in [1.807, 2.05) is 0 Å². The predicted octanol–water partition coefficient (Wildman–Crippen LogP) is 0.910. The van der Waals surface area contributed by atoms with Crippen LogP contribution in [0.4, 0.5) is 0 Å². The van der Waals surface area contributed by atoms with Crippen molar-refractivity contribution in [2.24, 2.45) is 11.1 Å². The van der Waals surface area contributed by atoms with Crippen molar-refractivity contribution < 1.29 is 9.90 Å². The molecular formula is C11H22N2O2. The van der Waals surface area contributed by atoms with Crippen LogP contribution >= 0.6 is 0 Å². The van der Waals surface area contributed by atoms with Gasteiger partial charge in [0.25, 0.3) is 0 Å². The molecule has 1 unspecified atom stereocenters. The number of hydrogen-bond acceptors (Lipinski definition) is 3. The summed E-state index contributed by atoms with van der Waals surface area (Å²) in [6.07, 6.45) is 3.01. The second-order valence-electron chi connectivity index (χ2n) is 5.28. The van der Waals surface area contributed by atoms with E-state index in [1.165, 1.54) is 12.8 Å². The largest absolute Gasteiger partial charge is 0.480 e. The molecule has 1 heterocycles. The summed E-state index contributed by atoms with van der Waals surface area (Å²) < 4.78 is 0. The third kappa shape index (κ3) is 4.18. The number of carboxylic acid groups (broad SMARTS) is 1. The van der Waals surface area contributed by atoms with Crippen molar-refractivity contribution in [3.05, 3.63) is 0 Å². The lowest BCUT2D eigenvalue weighted by atomic mass is 9.84. The van der Waals surface area contributed by atoms with E-state index >= 15 is 0 Å². The van der Waals surface area contributed by atoms with E-state index in [4.69, 9.17) is 10.8 Å². The second kappa shape index (κ2) is 4.94. The average molecular weight is 214 g/mol. The van der Waals surface area contributed by atoms with E-state index in [0.717, 1.165) is 19.6 Å². The molecular weight excluding hydrogens is 192 g/mol. The molecule has 0 saturated carbocycles. The van der Waals surface area contributed by atoms with Crippen molar-refractivity contribution in [3.8, 4) is 0 Å². The number of nitrogens with zero attached hydrogens (tertiary/aromatic N) is 1. The molecule has 0 aromatic heterocycles. The Hall–Kier alpha value is -0.610. The fraction of sp³-hybridized carbons (Fsp3) is 0.909. The van der Waals surface area contributed by atoms with Gasteiger partial charge in [-0.2, -0.15) is 0 Å². The monoisotopic (exact) mass is 214 g/mol. The number of likely N-dealkylation sites (tertiary alicyclic amines) is 1. The van der Waals surface area contributed by atoms with Crippen LogP contribution in [0.3, 0.4) is 0 Å². The molecule has 1 aliphatic rings. The molecule has 1 saturated heterocycles. The van der Waals surface area contributed by atoms with Crippen molar-refractivity contribution >= 4 is 5.97 Å². The molecule has 0 aromatic rings. The van der Waals surface area contributed by atoms with Gasteiger partial charge in [0.2, 0.25) is 0 Å². The number of carbonyl (C=O) groups is 1. The highest BCUT2D eigenvalue weighted by molar-refractivity contribution is 5.72. The van der Waals surface area contributed by atoms with Crippen LogP contribution in [0.1, 0.15) is 33.1 Å². The first-order valence-corrected chi connectivity index (χ1v) is 5.61. The zero-order valence-electron chi connectivity index (χ0n) is 9.70. The van der Waals surface area contributed by atoms with E-state index in [9.17, 15) is 4.79 Å². The molecule has 88 valence electrons. The molecule has 1 aliphatic heterocycles. The Morgan fingerprint density at radius 3 is 2.80 bits per heavy atom.